The molecule has 0 aliphatic rings. The molecule has 1 atom stereocenters. The normalized spacial score (nSPS) is 11.7. The number of furan rings is 1. The van der Waals surface area contributed by atoms with E-state index in [4.69, 9.17) is 20.8 Å². The Hall–Kier alpha value is -2.27. The average Bonchev–Trinajstić information content (AvgIpc) is 2.99. The lowest BCUT2D eigenvalue weighted by atomic mass is 10.2. The Kier molecular flexibility index (Phi) is 5.00. The Morgan fingerprint density at radius 3 is 2.81 bits per heavy atom. The number of rotatable bonds is 5. The molecule has 5 nitrogen and oxygen atoms in total. The number of hydrogen-bond acceptors (Lipinski definition) is 4. The third-order valence-corrected chi connectivity index (χ3v) is 2.98. The fraction of sp³-hybridized carbons (Fsp3) is 0.200. The molecule has 2 aromatic rings. The molecule has 0 spiro atoms. The van der Waals surface area contributed by atoms with Crippen molar-refractivity contribution >= 4 is 23.5 Å². The van der Waals surface area contributed by atoms with Gasteiger partial charge in [0, 0.05) is 5.02 Å². The summed E-state index contributed by atoms with van der Waals surface area (Å²) in [6.45, 7) is 1.41. The molecule has 0 bridgehead atoms. The molecule has 1 amide bonds. The lowest BCUT2D eigenvalue weighted by Crippen LogP contribution is -2.30. The Balaban J connectivity index is 1.82. The zero-order valence-electron chi connectivity index (χ0n) is 11.3. The number of carbonyl (C=O) groups excluding carboxylic acids is 2. The maximum atomic E-state index is 11.7. The van der Waals surface area contributed by atoms with Crippen molar-refractivity contribution < 1.29 is 18.7 Å². The number of carbonyl (C=O) groups is 2. The van der Waals surface area contributed by atoms with Crippen molar-refractivity contribution in [3.63, 3.8) is 0 Å². The lowest BCUT2D eigenvalue weighted by Gasteiger charge is -2.11. The van der Waals surface area contributed by atoms with Crippen LogP contribution in [0.5, 0.6) is 0 Å². The zero-order chi connectivity index (χ0) is 15.2. The topological polar surface area (TPSA) is 68.5 Å². The van der Waals surface area contributed by atoms with Crippen LogP contribution in [0.2, 0.25) is 5.02 Å². The highest BCUT2D eigenvalue weighted by atomic mass is 35.5. The predicted molar refractivity (Wildman–Crippen MR) is 77.0 cm³/mol. The number of esters is 1. The Labute approximate surface area is 126 Å². The number of nitrogens with one attached hydrogen (secondary N) is 1. The van der Waals surface area contributed by atoms with Crippen molar-refractivity contribution in [2.24, 2.45) is 0 Å². The Morgan fingerprint density at radius 2 is 2.14 bits per heavy atom. The van der Waals surface area contributed by atoms with Gasteiger partial charge in [0.25, 0.3) is 5.91 Å². The molecule has 0 saturated carbocycles. The summed E-state index contributed by atoms with van der Waals surface area (Å²) in [4.78, 5) is 23.4. The molecule has 2 rings (SSSR count). The van der Waals surface area contributed by atoms with Crippen molar-refractivity contribution in [1.29, 1.82) is 0 Å². The molecule has 1 heterocycles. The first-order chi connectivity index (χ1) is 10.1. The smallest absolute Gasteiger partial charge is 0.338 e. The molecule has 1 aromatic heterocycles. The first kappa shape index (κ1) is 15.1. The number of halogens is 1. The molecule has 0 fully saturated rings. The largest absolute Gasteiger partial charge is 0.467 e. The summed E-state index contributed by atoms with van der Waals surface area (Å²) in [6, 6.07) is 9.52. The van der Waals surface area contributed by atoms with E-state index in [1.54, 1.807) is 37.3 Å². The van der Waals surface area contributed by atoms with Gasteiger partial charge in [-0.25, -0.2) is 4.79 Å². The number of amides is 1. The fourth-order valence-corrected chi connectivity index (χ4v) is 1.91. The maximum absolute atomic E-state index is 11.7. The molecule has 110 valence electrons. The lowest BCUT2D eigenvalue weighted by molar-refractivity contribution is -0.125. The minimum absolute atomic E-state index is 0.294. The van der Waals surface area contributed by atoms with Crippen LogP contribution in [-0.2, 0) is 9.53 Å². The van der Waals surface area contributed by atoms with E-state index in [9.17, 15) is 9.59 Å². The van der Waals surface area contributed by atoms with Crippen molar-refractivity contribution in [3.05, 3.63) is 59.0 Å². The van der Waals surface area contributed by atoms with Crippen LogP contribution in [0, 0.1) is 0 Å². The highest BCUT2D eigenvalue weighted by molar-refractivity contribution is 6.30. The van der Waals surface area contributed by atoms with Crippen molar-refractivity contribution in [2.45, 2.75) is 13.0 Å². The Bertz CT molecular complexity index is 624. The molecule has 1 aromatic carbocycles. The first-order valence-electron chi connectivity index (χ1n) is 6.31. The molecule has 0 unspecified atom stereocenters. The van der Waals surface area contributed by atoms with Crippen molar-refractivity contribution in [1.82, 2.24) is 5.32 Å². The summed E-state index contributed by atoms with van der Waals surface area (Å²) in [5, 5.41) is 3.10. The van der Waals surface area contributed by atoms with E-state index in [-0.39, 0.29) is 12.6 Å². The van der Waals surface area contributed by atoms with Gasteiger partial charge < -0.3 is 14.5 Å². The highest BCUT2D eigenvalue weighted by Crippen LogP contribution is 2.13. The van der Waals surface area contributed by atoms with Gasteiger partial charge in [0.1, 0.15) is 5.76 Å². The van der Waals surface area contributed by atoms with Crippen molar-refractivity contribution in [2.75, 3.05) is 6.61 Å². The monoisotopic (exact) mass is 307 g/mol. The second-order valence-corrected chi connectivity index (χ2v) is 4.83. The average molecular weight is 308 g/mol. The maximum Gasteiger partial charge on any atom is 0.338 e. The van der Waals surface area contributed by atoms with Gasteiger partial charge in [-0.1, -0.05) is 17.7 Å². The van der Waals surface area contributed by atoms with Crippen LogP contribution in [0.4, 0.5) is 0 Å². The van der Waals surface area contributed by atoms with Crippen LogP contribution < -0.4 is 5.32 Å². The van der Waals surface area contributed by atoms with Gasteiger partial charge in [0.2, 0.25) is 0 Å². The summed E-state index contributed by atoms with van der Waals surface area (Å²) < 4.78 is 10.1. The van der Waals surface area contributed by atoms with E-state index >= 15 is 0 Å². The molecular formula is C15H14ClNO4. The number of ether oxygens (including phenoxy) is 1. The van der Waals surface area contributed by atoms with E-state index in [0.717, 1.165) is 0 Å². The fourth-order valence-electron chi connectivity index (χ4n) is 1.72. The van der Waals surface area contributed by atoms with E-state index in [1.165, 1.54) is 12.3 Å². The van der Waals surface area contributed by atoms with Gasteiger partial charge >= 0.3 is 5.97 Å². The third kappa shape index (κ3) is 4.36. The quantitative estimate of drug-likeness (QED) is 0.862. The highest BCUT2D eigenvalue weighted by Gasteiger charge is 2.14. The zero-order valence-corrected chi connectivity index (χ0v) is 12.1. The molecule has 0 aliphatic heterocycles. The van der Waals surface area contributed by atoms with Gasteiger partial charge in [0.05, 0.1) is 17.9 Å². The summed E-state index contributed by atoms with van der Waals surface area (Å²) >= 11 is 5.78. The van der Waals surface area contributed by atoms with E-state index in [0.29, 0.717) is 16.3 Å². The summed E-state index contributed by atoms with van der Waals surface area (Å²) in [5.74, 6) is -0.378. The SMILES string of the molecule is C[C@H](NC(=O)COC(=O)c1cccc(Cl)c1)c1ccco1. The van der Waals surface area contributed by atoms with Gasteiger partial charge in [-0.15, -0.1) is 0 Å². The molecule has 21 heavy (non-hydrogen) atoms. The predicted octanol–water partition coefficient (Wildman–Crippen LogP) is 2.97. The van der Waals surface area contributed by atoms with Gasteiger partial charge in [-0.05, 0) is 37.3 Å². The standard InChI is InChI=1S/C15H14ClNO4/c1-10(13-6-3-7-20-13)17-14(18)9-21-15(19)11-4-2-5-12(16)8-11/h2-8,10H,9H2,1H3,(H,17,18)/t10-/m0/s1. The van der Waals surface area contributed by atoms with Gasteiger partial charge in [-0.2, -0.15) is 0 Å². The van der Waals surface area contributed by atoms with Crippen LogP contribution in [0.1, 0.15) is 29.1 Å². The van der Waals surface area contributed by atoms with Crippen LogP contribution >= 0.6 is 11.6 Å². The number of benzene rings is 1. The van der Waals surface area contributed by atoms with E-state index in [2.05, 4.69) is 5.32 Å². The molecule has 1 N–H and O–H groups in total. The van der Waals surface area contributed by atoms with Crippen LogP contribution in [0.3, 0.4) is 0 Å². The van der Waals surface area contributed by atoms with E-state index in [1.807, 2.05) is 0 Å². The van der Waals surface area contributed by atoms with Gasteiger partial charge in [0.15, 0.2) is 6.61 Å². The molecular weight excluding hydrogens is 294 g/mol. The second-order valence-electron chi connectivity index (χ2n) is 4.39. The third-order valence-electron chi connectivity index (χ3n) is 2.74. The molecule has 6 heteroatoms. The minimum atomic E-state index is -0.599. The molecule has 0 radical (unpaired) electrons. The second kappa shape index (κ2) is 6.95. The van der Waals surface area contributed by atoms with Crippen LogP contribution in [0.15, 0.2) is 47.1 Å². The summed E-state index contributed by atoms with van der Waals surface area (Å²) in [7, 11) is 0. The first-order valence-corrected chi connectivity index (χ1v) is 6.69. The molecule has 0 aliphatic carbocycles. The Morgan fingerprint density at radius 1 is 1.33 bits per heavy atom. The van der Waals surface area contributed by atoms with Crippen LogP contribution in [-0.4, -0.2) is 18.5 Å². The van der Waals surface area contributed by atoms with Crippen LogP contribution in [0.25, 0.3) is 0 Å². The van der Waals surface area contributed by atoms with E-state index < -0.39 is 11.9 Å². The number of hydrogen-bond donors (Lipinski definition) is 1. The van der Waals surface area contributed by atoms with Gasteiger partial charge in [-0.3, -0.25) is 4.79 Å². The summed E-state index contributed by atoms with van der Waals surface area (Å²) in [5.41, 5.74) is 0.300. The minimum Gasteiger partial charge on any atom is -0.467 e. The van der Waals surface area contributed by atoms with Crippen molar-refractivity contribution in [3.8, 4) is 0 Å². The molecule has 0 saturated heterocycles. The summed E-state index contributed by atoms with van der Waals surface area (Å²) in [6.07, 6.45) is 1.52.